The van der Waals surface area contributed by atoms with Crippen LogP contribution in [0.5, 0.6) is 11.6 Å². The van der Waals surface area contributed by atoms with E-state index in [-0.39, 0.29) is 6.04 Å². The first-order valence-corrected chi connectivity index (χ1v) is 7.02. The average molecular weight is 273 g/mol. The van der Waals surface area contributed by atoms with Crippen LogP contribution in [0.1, 0.15) is 50.9 Å². The number of hydrogen-bond acceptors (Lipinski definition) is 3. The Morgan fingerprint density at radius 3 is 2.20 bits per heavy atom. The van der Waals surface area contributed by atoms with Crippen LogP contribution in [0.15, 0.2) is 24.3 Å². The standard InChI is InChI=1S/C16H23N3O/c1-10(2)13-6-8-14(9-7-13)20-16-15(17)12(5)18-19(16)11(3)4/h6-11H,17H2,1-5H3. The van der Waals surface area contributed by atoms with Gasteiger partial charge in [-0.05, 0) is 44.4 Å². The van der Waals surface area contributed by atoms with E-state index in [0.29, 0.717) is 17.5 Å². The van der Waals surface area contributed by atoms with E-state index < -0.39 is 0 Å². The van der Waals surface area contributed by atoms with Crippen LogP contribution in [0.2, 0.25) is 0 Å². The van der Waals surface area contributed by atoms with Crippen LogP contribution in [0.3, 0.4) is 0 Å². The topological polar surface area (TPSA) is 53.1 Å². The van der Waals surface area contributed by atoms with Crippen LogP contribution >= 0.6 is 0 Å². The third kappa shape index (κ3) is 2.79. The van der Waals surface area contributed by atoms with E-state index in [4.69, 9.17) is 10.5 Å². The van der Waals surface area contributed by atoms with E-state index in [9.17, 15) is 0 Å². The second kappa shape index (κ2) is 5.57. The molecule has 0 amide bonds. The van der Waals surface area contributed by atoms with Gasteiger partial charge in [-0.2, -0.15) is 5.10 Å². The van der Waals surface area contributed by atoms with E-state index in [1.54, 1.807) is 0 Å². The van der Waals surface area contributed by atoms with Gasteiger partial charge in [-0.1, -0.05) is 26.0 Å². The lowest BCUT2D eigenvalue weighted by atomic mass is 10.0. The van der Waals surface area contributed by atoms with Crippen molar-refractivity contribution in [2.45, 2.75) is 46.6 Å². The highest BCUT2D eigenvalue weighted by atomic mass is 16.5. The summed E-state index contributed by atoms with van der Waals surface area (Å²) < 4.78 is 7.75. The molecule has 0 aliphatic carbocycles. The third-order valence-electron chi connectivity index (χ3n) is 3.34. The van der Waals surface area contributed by atoms with Gasteiger partial charge in [0, 0.05) is 0 Å². The summed E-state index contributed by atoms with van der Waals surface area (Å²) in [6, 6.07) is 8.32. The molecule has 2 rings (SSSR count). The number of hydrogen-bond donors (Lipinski definition) is 1. The highest BCUT2D eigenvalue weighted by Gasteiger charge is 2.16. The number of aryl methyl sites for hydroxylation is 1. The van der Waals surface area contributed by atoms with E-state index >= 15 is 0 Å². The van der Waals surface area contributed by atoms with Crippen LogP contribution in [0.4, 0.5) is 5.69 Å². The zero-order chi connectivity index (χ0) is 14.9. The first-order valence-electron chi connectivity index (χ1n) is 7.02. The maximum absolute atomic E-state index is 6.06. The van der Waals surface area contributed by atoms with Gasteiger partial charge in [-0.15, -0.1) is 0 Å². The van der Waals surface area contributed by atoms with Crippen LogP contribution < -0.4 is 10.5 Å². The molecule has 0 aliphatic heterocycles. The van der Waals surface area contributed by atoms with Crippen molar-refractivity contribution < 1.29 is 4.74 Å². The molecule has 0 saturated carbocycles. The third-order valence-corrected chi connectivity index (χ3v) is 3.34. The summed E-state index contributed by atoms with van der Waals surface area (Å²) in [5, 5.41) is 4.42. The molecule has 0 atom stereocenters. The van der Waals surface area contributed by atoms with Gasteiger partial charge in [-0.25, -0.2) is 4.68 Å². The Balaban J connectivity index is 2.30. The molecule has 1 heterocycles. The molecule has 4 nitrogen and oxygen atoms in total. The van der Waals surface area contributed by atoms with Gasteiger partial charge < -0.3 is 10.5 Å². The molecule has 1 aromatic heterocycles. The predicted octanol–water partition coefficient (Wildman–Crippen LogP) is 4.27. The number of benzene rings is 1. The van der Waals surface area contributed by atoms with Crippen molar-refractivity contribution in [3.05, 3.63) is 35.5 Å². The van der Waals surface area contributed by atoms with Crippen molar-refractivity contribution in [1.82, 2.24) is 9.78 Å². The largest absolute Gasteiger partial charge is 0.437 e. The van der Waals surface area contributed by atoms with Gasteiger partial charge in [-0.3, -0.25) is 0 Å². The van der Waals surface area contributed by atoms with Gasteiger partial charge in [0.2, 0.25) is 5.88 Å². The molecule has 108 valence electrons. The number of nitrogen functional groups attached to an aromatic ring is 1. The molecule has 0 aliphatic rings. The lowest BCUT2D eigenvalue weighted by Crippen LogP contribution is -2.05. The second-order valence-corrected chi connectivity index (χ2v) is 5.67. The minimum absolute atomic E-state index is 0.205. The Kier molecular flexibility index (Phi) is 4.02. The zero-order valence-electron chi connectivity index (χ0n) is 12.8. The van der Waals surface area contributed by atoms with E-state index in [2.05, 4.69) is 44.9 Å². The monoisotopic (exact) mass is 273 g/mol. The number of rotatable bonds is 4. The van der Waals surface area contributed by atoms with Crippen molar-refractivity contribution >= 4 is 5.69 Å². The summed E-state index contributed by atoms with van der Waals surface area (Å²) in [6.07, 6.45) is 0. The molecule has 0 unspecified atom stereocenters. The average Bonchev–Trinajstić information content (AvgIpc) is 2.68. The van der Waals surface area contributed by atoms with Gasteiger partial charge in [0.25, 0.3) is 0 Å². The first kappa shape index (κ1) is 14.4. The highest BCUT2D eigenvalue weighted by molar-refractivity contribution is 5.54. The van der Waals surface area contributed by atoms with Gasteiger partial charge >= 0.3 is 0 Å². The van der Waals surface area contributed by atoms with Gasteiger partial charge in [0.05, 0.1) is 11.7 Å². The minimum Gasteiger partial charge on any atom is -0.437 e. The van der Waals surface area contributed by atoms with Crippen LogP contribution in [0.25, 0.3) is 0 Å². The summed E-state index contributed by atoms with van der Waals surface area (Å²) in [5.41, 5.74) is 8.75. The predicted molar refractivity (Wildman–Crippen MR) is 82.4 cm³/mol. The molecular weight excluding hydrogens is 250 g/mol. The van der Waals surface area contributed by atoms with Crippen LogP contribution in [-0.4, -0.2) is 9.78 Å². The maximum atomic E-state index is 6.06. The molecule has 20 heavy (non-hydrogen) atoms. The Bertz CT molecular complexity index is 583. The first-order chi connectivity index (χ1) is 9.40. The van der Waals surface area contributed by atoms with E-state index in [0.717, 1.165) is 11.4 Å². The Hall–Kier alpha value is -1.97. The molecule has 0 bridgehead atoms. The zero-order valence-corrected chi connectivity index (χ0v) is 12.8. The van der Waals surface area contributed by atoms with Crippen LogP contribution in [-0.2, 0) is 0 Å². The fourth-order valence-corrected chi connectivity index (χ4v) is 2.02. The molecule has 0 fully saturated rings. The van der Waals surface area contributed by atoms with Crippen LogP contribution in [0, 0.1) is 6.92 Å². The number of aromatic nitrogens is 2. The normalized spacial score (nSPS) is 11.3. The van der Waals surface area contributed by atoms with E-state index in [1.165, 1.54) is 5.56 Å². The molecule has 0 saturated heterocycles. The van der Waals surface area contributed by atoms with Crippen molar-refractivity contribution in [3.8, 4) is 11.6 Å². The summed E-state index contributed by atoms with van der Waals surface area (Å²) in [5.74, 6) is 1.91. The van der Waals surface area contributed by atoms with Crippen molar-refractivity contribution in [3.63, 3.8) is 0 Å². The van der Waals surface area contributed by atoms with Crippen molar-refractivity contribution in [1.29, 1.82) is 0 Å². The Morgan fingerprint density at radius 2 is 1.70 bits per heavy atom. The number of nitrogens with zero attached hydrogens (tertiary/aromatic N) is 2. The smallest absolute Gasteiger partial charge is 0.241 e. The quantitative estimate of drug-likeness (QED) is 0.905. The minimum atomic E-state index is 0.205. The van der Waals surface area contributed by atoms with Gasteiger partial charge in [0.15, 0.2) is 0 Å². The molecule has 0 radical (unpaired) electrons. The summed E-state index contributed by atoms with van der Waals surface area (Å²) in [4.78, 5) is 0. The molecule has 0 spiro atoms. The van der Waals surface area contributed by atoms with Gasteiger partial charge in [0.1, 0.15) is 11.4 Å². The Morgan fingerprint density at radius 1 is 1.10 bits per heavy atom. The SMILES string of the molecule is Cc1nn(C(C)C)c(Oc2ccc(C(C)C)cc2)c1N. The summed E-state index contributed by atoms with van der Waals surface area (Å²) in [7, 11) is 0. The number of ether oxygens (including phenoxy) is 1. The lowest BCUT2D eigenvalue weighted by molar-refractivity contribution is 0.389. The molecule has 2 N–H and O–H groups in total. The molecule has 2 aromatic rings. The number of anilines is 1. The van der Waals surface area contributed by atoms with Crippen molar-refractivity contribution in [2.24, 2.45) is 0 Å². The fourth-order valence-electron chi connectivity index (χ4n) is 2.02. The number of nitrogens with two attached hydrogens (primary N) is 1. The van der Waals surface area contributed by atoms with E-state index in [1.807, 2.05) is 23.7 Å². The molecular formula is C16H23N3O. The second-order valence-electron chi connectivity index (χ2n) is 5.67. The maximum Gasteiger partial charge on any atom is 0.241 e. The Labute approximate surface area is 120 Å². The highest BCUT2D eigenvalue weighted by Crippen LogP contribution is 2.32. The fraction of sp³-hybridized carbons (Fsp3) is 0.438. The summed E-state index contributed by atoms with van der Waals surface area (Å²) in [6.45, 7) is 10.3. The molecule has 1 aromatic carbocycles. The summed E-state index contributed by atoms with van der Waals surface area (Å²) >= 11 is 0. The van der Waals surface area contributed by atoms with Crippen molar-refractivity contribution in [2.75, 3.05) is 5.73 Å². The molecule has 4 heteroatoms. The lowest BCUT2D eigenvalue weighted by Gasteiger charge is -2.13.